The van der Waals surface area contributed by atoms with Gasteiger partial charge in [0.2, 0.25) is 0 Å². The van der Waals surface area contributed by atoms with Gasteiger partial charge in [0.25, 0.3) is 15.9 Å². The molecule has 0 aromatic heterocycles. The highest BCUT2D eigenvalue weighted by atomic mass is 35.5. The molecule has 0 saturated heterocycles. The van der Waals surface area contributed by atoms with Crippen molar-refractivity contribution in [2.24, 2.45) is 11.8 Å². The number of nitrogens with one attached hydrogen (secondary N) is 1. The fourth-order valence-electron chi connectivity index (χ4n) is 6.67. The summed E-state index contributed by atoms with van der Waals surface area (Å²) in [4.78, 5) is 30.5. The topological polar surface area (TPSA) is 114 Å². The minimum Gasteiger partial charge on any atom is -0.487 e. The summed E-state index contributed by atoms with van der Waals surface area (Å²) >= 11 is 6.35. The van der Waals surface area contributed by atoms with Gasteiger partial charge in [-0.3, -0.25) is 9.69 Å². The number of halogens is 1. The third-order valence-electron chi connectivity index (χ3n) is 10.2. The van der Waals surface area contributed by atoms with Crippen LogP contribution in [0.25, 0.3) is 0 Å². The second kappa shape index (κ2) is 15.0. The number of nitrogens with zero attached hydrogens (tertiary/aromatic N) is 2. The van der Waals surface area contributed by atoms with E-state index in [0.717, 1.165) is 43.2 Å². The molecule has 3 aromatic carbocycles. The summed E-state index contributed by atoms with van der Waals surface area (Å²) in [5.74, 6) is 0.380. The van der Waals surface area contributed by atoms with Crippen LogP contribution in [-0.2, 0) is 32.6 Å². The molecule has 1 N–H and O–H groups in total. The first kappa shape index (κ1) is 35.8. The lowest BCUT2D eigenvalue weighted by molar-refractivity contribution is -0.128. The number of hydrogen-bond donors (Lipinski definition) is 1. The third-order valence-corrected chi connectivity index (χ3v) is 11.8. The fourth-order valence-corrected chi connectivity index (χ4v) is 7.99. The van der Waals surface area contributed by atoms with E-state index < -0.39 is 33.7 Å². The lowest BCUT2D eigenvalue weighted by atomic mass is 9.70. The highest BCUT2D eigenvalue weighted by molar-refractivity contribution is 7.90. The maximum atomic E-state index is 13.7. The smallest absolute Gasteiger partial charge is 0.487 e. The quantitative estimate of drug-likeness (QED) is 0.174. The predicted octanol–water partition coefficient (Wildman–Crippen LogP) is 6.76. The summed E-state index contributed by atoms with van der Waals surface area (Å²) in [5, 5.41) is 0.672. The van der Waals surface area contributed by atoms with Crippen LogP contribution in [-0.4, -0.2) is 63.7 Å². The van der Waals surface area contributed by atoms with Gasteiger partial charge in [-0.05, 0) is 119 Å². The van der Waals surface area contributed by atoms with E-state index in [1.165, 1.54) is 6.07 Å². The minimum absolute atomic E-state index is 0.00930. The van der Waals surface area contributed by atoms with E-state index in [2.05, 4.69) is 9.62 Å². The number of likely N-dealkylation sites (N-methyl/N-ethyl adjacent to an activating group) is 1. The second-order valence-electron chi connectivity index (χ2n) is 13.8. The molecule has 2 bridgehead atoms. The van der Waals surface area contributed by atoms with E-state index in [1.54, 1.807) is 62.2 Å². The van der Waals surface area contributed by atoms with Crippen molar-refractivity contribution in [1.29, 1.82) is 0 Å². The first-order valence-corrected chi connectivity index (χ1v) is 18.9. The Bertz CT molecular complexity index is 1850. The molecular weight excluding hydrogens is 678 g/mol. The van der Waals surface area contributed by atoms with Gasteiger partial charge in [-0.15, -0.1) is 0 Å². The van der Waals surface area contributed by atoms with E-state index >= 15 is 0 Å². The zero-order valence-electron chi connectivity index (χ0n) is 28.6. The molecule has 3 aromatic rings. The molecule has 12 heteroatoms. The molecule has 1 amide bonds. The molecule has 1 saturated carbocycles. The van der Waals surface area contributed by atoms with Crippen molar-refractivity contribution < 1.29 is 32.2 Å². The predicted molar refractivity (Wildman–Crippen MR) is 192 cm³/mol. The van der Waals surface area contributed by atoms with Crippen molar-refractivity contribution in [2.45, 2.75) is 69.1 Å². The van der Waals surface area contributed by atoms with Crippen LogP contribution in [0.15, 0.2) is 83.8 Å². The number of rotatable bonds is 2. The van der Waals surface area contributed by atoms with Crippen molar-refractivity contribution in [3.8, 4) is 11.5 Å². The van der Waals surface area contributed by atoms with Crippen LogP contribution in [0, 0.1) is 11.8 Å². The highest BCUT2D eigenvalue weighted by Crippen LogP contribution is 2.42. The number of aryl methyl sites for hydroxylation is 1. The average molecular weight is 722 g/mol. The molecule has 3 atom stereocenters. The van der Waals surface area contributed by atoms with Crippen LogP contribution in [0.5, 0.6) is 11.5 Å². The van der Waals surface area contributed by atoms with Crippen LogP contribution in [0.2, 0.25) is 5.02 Å². The third kappa shape index (κ3) is 8.11. The Morgan fingerprint density at radius 1 is 1.02 bits per heavy atom. The lowest BCUT2D eigenvalue weighted by Crippen LogP contribution is -2.54. The number of fused-ring (bicyclic) bond motifs is 3. The van der Waals surface area contributed by atoms with Crippen molar-refractivity contribution in [2.75, 3.05) is 31.6 Å². The summed E-state index contributed by atoms with van der Waals surface area (Å²) in [6, 6.07) is 19.4. The molecule has 3 aliphatic rings. The molecule has 2 heterocycles. The van der Waals surface area contributed by atoms with Crippen molar-refractivity contribution in [3.63, 3.8) is 0 Å². The number of sulfonamides is 1. The van der Waals surface area contributed by atoms with Crippen LogP contribution in [0.1, 0.15) is 50.7 Å². The van der Waals surface area contributed by atoms with Gasteiger partial charge in [0, 0.05) is 30.6 Å². The number of ether oxygens (including phenoxy) is 3. The number of amides is 1. The number of carbonyl (C=O) groups is 2. The average Bonchev–Trinajstić information content (AvgIpc) is 3.09. The van der Waals surface area contributed by atoms with Crippen molar-refractivity contribution >= 4 is 39.4 Å². The van der Waals surface area contributed by atoms with E-state index in [-0.39, 0.29) is 23.3 Å². The normalized spacial score (nSPS) is 24.4. The molecule has 1 aliphatic carbocycles. The van der Waals surface area contributed by atoms with E-state index in [4.69, 9.17) is 25.8 Å². The first-order valence-electron chi connectivity index (χ1n) is 17.1. The number of carbonyl (C=O) groups excluding carboxylic acids is 2. The molecule has 0 radical (unpaired) electrons. The number of anilines is 1. The van der Waals surface area contributed by atoms with Gasteiger partial charge < -0.3 is 19.1 Å². The Hall–Kier alpha value is -4.06. The number of benzene rings is 3. The Balaban J connectivity index is 1.37. The van der Waals surface area contributed by atoms with Gasteiger partial charge >= 0.3 is 6.16 Å². The zero-order chi connectivity index (χ0) is 35.5. The molecule has 10 nitrogen and oxygen atoms in total. The van der Waals surface area contributed by atoms with Crippen molar-refractivity contribution in [1.82, 2.24) is 9.62 Å². The van der Waals surface area contributed by atoms with Crippen LogP contribution in [0.3, 0.4) is 0 Å². The minimum atomic E-state index is -4.22. The van der Waals surface area contributed by atoms with Crippen LogP contribution >= 0.6 is 11.6 Å². The summed E-state index contributed by atoms with van der Waals surface area (Å²) in [6.45, 7) is 5.15. The summed E-state index contributed by atoms with van der Waals surface area (Å²) in [6.07, 6.45) is 6.65. The fraction of sp³-hybridized carbons (Fsp3) is 0.421. The highest BCUT2D eigenvalue weighted by Gasteiger charge is 2.40. The Morgan fingerprint density at radius 2 is 1.82 bits per heavy atom. The molecule has 0 unspecified atom stereocenters. The van der Waals surface area contributed by atoms with E-state index in [1.807, 2.05) is 36.4 Å². The van der Waals surface area contributed by atoms with Gasteiger partial charge in [0.15, 0.2) is 0 Å². The van der Waals surface area contributed by atoms with Gasteiger partial charge in [0.1, 0.15) is 24.2 Å². The van der Waals surface area contributed by atoms with E-state index in [9.17, 15) is 18.0 Å². The van der Waals surface area contributed by atoms with Gasteiger partial charge in [0.05, 0.1) is 16.1 Å². The van der Waals surface area contributed by atoms with Crippen LogP contribution in [0.4, 0.5) is 10.5 Å². The maximum absolute atomic E-state index is 13.7. The van der Waals surface area contributed by atoms with Gasteiger partial charge in [-0.25, -0.2) is 17.9 Å². The monoisotopic (exact) mass is 721 g/mol. The summed E-state index contributed by atoms with van der Waals surface area (Å²) in [5.41, 5.74) is 1.58. The molecule has 1 fully saturated rings. The number of hydrogen-bond acceptors (Lipinski definition) is 9. The second-order valence-corrected chi connectivity index (χ2v) is 15.9. The summed E-state index contributed by atoms with van der Waals surface area (Å²) < 4.78 is 47.7. The standard InChI is InChI=1S/C38H44ClN3O7S/c1-38(2)36(43)40-50(45,46)31-17-19-35-33(23-31)42(21-8-7-10-26-22-29(39)16-14-28(26)25-47-35)24-27-15-18-32(27)34(13-9-20-41(38)3)49-37(44)48-30-11-5-4-6-12-30/h4-6,9,11-14,16-17,19,22-23,27,32,34H,7-8,10,15,18,20-21,24-25H2,1-3H3,(H,40,43)/b13-9+/t27-,32+,34-/m0/s1. The Morgan fingerprint density at radius 3 is 2.58 bits per heavy atom. The summed E-state index contributed by atoms with van der Waals surface area (Å²) in [7, 11) is -2.48. The lowest BCUT2D eigenvalue weighted by Gasteiger charge is -2.43. The SMILES string of the molecule is CN1C/C=C/[C@H](OC(=O)Oc2ccccc2)[C@@H]2CC[C@H]2CN2CCCCc3cc(Cl)ccc3COc3ccc(cc32)S(=O)(=O)NC(=O)C1(C)C. The first-order chi connectivity index (χ1) is 23.9. The van der Waals surface area contributed by atoms with Crippen LogP contribution < -0.4 is 19.1 Å². The molecule has 2 aliphatic heterocycles. The Kier molecular flexibility index (Phi) is 10.8. The molecule has 50 heavy (non-hydrogen) atoms. The van der Waals surface area contributed by atoms with E-state index in [0.29, 0.717) is 41.8 Å². The largest absolute Gasteiger partial charge is 0.514 e. The molecule has 0 spiro atoms. The molecular formula is C38H44ClN3O7S. The molecule has 6 rings (SSSR count). The Labute approximate surface area is 299 Å². The zero-order valence-corrected chi connectivity index (χ0v) is 30.2. The van der Waals surface area contributed by atoms with Gasteiger partial charge in [-0.1, -0.05) is 41.9 Å². The maximum Gasteiger partial charge on any atom is 0.514 e. The van der Waals surface area contributed by atoms with Gasteiger partial charge in [-0.2, -0.15) is 0 Å². The molecule has 266 valence electrons. The number of para-hydroxylation sites is 1. The van der Waals surface area contributed by atoms with Crippen molar-refractivity contribution in [3.05, 3.63) is 95.0 Å².